The van der Waals surface area contributed by atoms with Gasteiger partial charge in [-0.05, 0) is 43.2 Å². The summed E-state index contributed by atoms with van der Waals surface area (Å²) in [5.74, 6) is 1.14. The molecule has 0 bridgehead atoms. The van der Waals surface area contributed by atoms with Crippen LogP contribution in [-0.2, 0) is 4.79 Å². The quantitative estimate of drug-likeness (QED) is 0.873. The van der Waals surface area contributed by atoms with Crippen LogP contribution in [0.1, 0.15) is 44.8 Å². The molecule has 2 rings (SSSR count). The Kier molecular flexibility index (Phi) is 3.55. The molecule has 1 fully saturated rings. The zero-order valence-corrected chi connectivity index (χ0v) is 10.4. The van der Waals surface area contributed by atoms with E-state index in [4.69, 9.17) is 4.42 Å². The maximum atomic E-state index is 11.3. The molecule has 1 aliphatic rings. The summed E-state index contributed by atoms with van der Waals surface area (Å²) in [5.41, 5.74) is 0. The Morgan fingerprint density at radius 3 is 2.76 bits per heavy atom. The highest BCUT2D eigenvalue weighted by Crippen LogP contribution is 2.43. The van der Waals surface area contributed by atoms with Crippen molar-refractivity contribution in [2.24, 2.45) is 17.8 Å². The topological polar surface area (TPSA) is 50.4 Å². The molecule has 3 unspecified atom stereocenters. The van der Waals surface area contributed by atoms with Crippen molar-refractivity contribution in [2.45, 2.75) is 39.0 Å². The second kappa shape index (κ2) is 4.94. The minimum Gasteiger partial charge on any atom is -0.481 e. The van der Waals surface area contributed by atoms with Gasteiger partial charge < -0.3 is 9.52 Å². The van der Waals surface area contributed by atoms with E-state index in [9.17, 15) is 9.90 Å². The van der Waals surface area contributed by atoms with Gasteiger partial charge in [-0.3, -0.25) is 4.79 Å². The van der Waals surface area contributed by atoms with Crippen LogP contribution in [0, 0.1) is 17.8 Å². The zero-order valence-electron chi connectivity index (χ0n) is 10.4. The van der Waals surface area contributed by atoms with Crippen molar-refractivity contribution >= 4 is 5.97 Å². The van der Waals surface area contributed by atoms with Gasteiger partial charge in [-0.1, -0.05) is 13.8 Å². The van der Waals surface area contributed by atoms with Crippen molar-refractivity contribution in [3.63, 3.8) is 0 Å². The summed E-state index contributed by atoms with van der Waals surface area (Å²) >= 11 is 0. The van der Waals surface area contributed by atoms with Crippen LogP contribution in [0.3, 0.4) is 0 Å². The second-order valence-corrected chi connectivity index (χ2v) is 5.38. The fraction of sp³-hybridized carbons (Fsp3) is 0.643. The van der Waals surface area contributed by atoms with Crippen molar-refractivity contribution in [1.82, 2.24) is 0 Å². The first-order valence-electron chi connectivity index (χ1n) is 6.35. The molecule has 3 heteroatoms. The molecule has 94 valence electrons. The maximum absolute atomic E-state index is 11.3. The standard InChI is InChI=1S/C14H20O3/c1-9(2)10-5-6-11(14(15)16)12(8-10)13-4-3-7-17-13/h3-4,7,9-12H,5-6,8H2,1-2H3,(H,15,16). The van der Waals surface area contributed by atoms with E-state index < -0.39 is 5.97 Å². The minimum atomic E-state index is -0.686. The van der Waals surface area contributed by atoms with Gasteiger partial charge in [0.05, 0.1) is 12.2 Å². The van der Waals surface area contributed by atoms with Crippen molar-refractivity contribution in [2.75, 3.05) is 0 Å². The zero-order chi connectivity index (χ0) is 12.4. The normalized spacial score (nSPS) is 29.5. The summed E-state index contributed by atoms with van der Waals surface area (Å²) in [7, 11) is 0. The molecule has 1 aromatic heterocycles. The van der Waals surface area contributed by atoms with Crippen LogP contribution >= 0.6 is 0 Å². The van der Waals surface area contributed by atoms with E-state index in [2.05, 4.69) is 13.8 Å². The molecule has 3 atom stereocenters. The summed E-state index contributed by atoms with van der Waals surface area (Å²) in [6.07, 6.45) is 4.35. The van der Waals surface area contributed by atoms with Gasteiger partial charge in [0.1, 0.15) is 5.76 Å². The van der Waals surface area contributed by atoms with Gasteiger partial charge >= 0.3 is 5.97 Å². The van der Waals surface area contributed by atoms with Crippen LogP contribution in [0.4, 0.5) is 0 Å². The molecule has 3 nitrogen and oxygen atoms in total. The first-order chi connectivity index (χ1) is 8.09. The van der Waals surface area contributed by atoms with Gasteiger partial charge in [0.25, 0.3) is 0 Å². The van der Waals surface area contributed by atoms with E-state index in [1.54, 1.807) is 6.26 Å². The molecular weight excluding hydrogens is 216 g/mol. The third-order valence-electron chi connectivity index (χ3n) is 4.06. The predicted molar refractivity (Wildman–Crippen MR) is 64.8 cm³/mol. The van der Waals surface area contributed by atoms with Crippen LogP contribution in [0.15, 0.2) is 22.8 Å². The summed E-state index contributed by atoms with van der Waals surface area (Å²) in [6.45, 7) is 4.43. The first-order valence-corrected chi connectivity index (χ1v) is 6.35. The average Bonchev–Trinajstić information content (AvgIpc) is 2.81. The number of aliphatic carboxylic acids is 1. The van der Waals surface area contributed by atoms with Gasteiger partial charge in [0, 0.05) is 5.92 Å². The number of carboxylic acids is 1. The van der Waals surface area contributed by atoms with E-state index in [1.165, 1.54) is 0 Å². The highest BCUT2D eigenvalue weighted by atomic mass is 16.4. The molecule has 0 saturated heterocycles. The monoisotopic (exact) mass is 236 g/mol. The Bertz CT molecular complexity index is 367. The van der Waals surface area contributed by atoms with E-state index in [1.807, 2.05) is 12.1 Å². The summed E-state index contributed by atoms with van der Waals surface area (Å²) < 4.78 is 5.42. The van der Waals surface area contributed by atoms with Crippen LogP contribution in [0.5, 0.6) is 0 Å². The minimum absolute atomic E-state index is 0.0450. The number of carbonyl (C=O) groups is 1. The highest BCUT2D eigenvalue weighted by molar-refractivity contribution is 5.71. The van der Waals surface area contributed by atoms with Crippen LogP contribution in [-0.4, -0.2) is 11.1 Å². The summed E-state index contributed by atoms with van der Waals surface area (Å²) in [6, 6.07) is 3.75. The number of hydrogen-bond acceptors (Lipinski definition) is 2. The van der Waals surface area contributed by atoms with Gasteiger partial charge in [-0.15, -0.1) is 0 Å². The molecule has 1 saturated carbocycles. The SMILES string of the molecule is CC(C)C1CCC(C(=O)O)C(c2ccco2)C1. The molecule has 0 aromatic carbocycles. The number of hydrogen-bond donors (Lipinski definition) is 1. The molecule has 1 aliphatic carbocycles. The molecule has 0 radical (unpaired) electrons. The largest absolute Gasteiger partial charge is 0.481 e. The Balaban J connectivity index is 2.19. The molecule has 0 aliphatic heterocycles. The Labute approximate surface area is 102 Å². The molecule has 0 spiro atoms. The van der Waals surface area contributed by atoms with E-state index >= 15 is 0 Å². The molecular formula is C14H20O3. The summed E-state index contributed by atoms with van der Waals surface area (Å²) in [4.78, 5) is 11.3. The van der Waals surface area contributed by atoms with Crippen LogP contribution in [0.2, 0.25) is 0 Å². The first kappa shape index (κ1) is 12.2. The van der Waals surface area contributed by atoms with E-state index in [-0.39, 0.29) is 11.8 Å². The van der Waals surface area contributed by atoms with E-state index in [0.717, 1.165) is 25.0 Å². The highest BCUT2D eigenvalue weighted by Gasteiger charge is 2.38. The van der Waals surface area contributed by atoms with Crippen molar-refractivity contribution in [1.29, 1.82) is 0 Å². The Hall–Kier alpha value is -1.25. The number of rotatable bonds is 3. The summed E-state index contributed by atoms with van der Waals surface area (Å²) in [5, 5.41) is 9.29. The number of carboxylic acid groups (broad SMARTS) is 1. The smallest absolute Gasteiger partial charge is 0.307 e. The van der Waals surface area contributed by atoms with Crippen molar-refractivity contribution in [3.05, 3.63) is 24.2 Å². The number of furan rings is 1. The van der Waals surface area contributed by atoms with Crippen LogP contribution in [0.25, 0.3) is 0 Å². The van der Waals surface area contributed by atoms with Gasteiger partial charge in [-0.25, -0.2) is 0 Å². The fourth-order valence-electron chi connectivity index (χ4n) is 2.92. The van der Waals surface area contributed by atoms with Gasteiger partial charge in [0.15, 0.2) is 0 Å². The Morgan fingerprint density at radius 1 is 1.47 bits per heavy atom. The molecule has 17 heavy (non-hydrogen) atoms. The molecule has 0 amide bonds. The van der Waals surface area contributed by atoms with Crippen LogP contribution < -0.4 is 0 Å². The lowest BCUT2D eigenvalue weighted by Crippen LogP contribution is -2.30. The van der Waals surface area contributed by atoms with E-state index in [0.29, 0.717) is 11.8 Å². The van der Waals surface area contributed by atoms with Crippen molar-refractivity contribution in [3.8, 4) is 0 Å². The molecule has 1 N–H and O–H groups in total. The third kappa shape index (κ3) is 2.54. The fourth-order valence-corrected chi connectivity index (χ4v) is 2.92. The average molecular weight is 236 g/mol. The third-order valence-corrected chi connectivity index (χ3v) is 4.06. The van der Waals surface area contributed by atoms with Gasteiger partial charge in [-0.2, -0.15) is 0 Å². The Morgan fingerprint density at radius 2 is 2.24 bits per heavy atom. The second-order valence-electron chi connectivity index (χ2n) is 5.38. The lowest BCUT2D eigenvalue weighted by Gasteiger charge is -2.34. The predicted octanol–water partition coefficient (Wildman–Crippen LogP) is 3.52. The molecule has 1 heterocycles. The molecule has 1 aromatic rings. The van der Waals surface area contributed by atoms with Crippen molar-refractivity contribution < 1.29 is 14.3 Å². The lowest BCUT2D eigenvalue weighted by molar-refractivity contribution is -0.144. The lowest BCUT2D eigenvalue weighted by atomic mass is 9.70. The van der Waals surface area contributed by atoms with Gasteiger partial charge in [0.2, 0.25) is 0 Å². The maximum Gasteiger partial charge on any atom is 0.307 e.